The lowest BCUT2D eigenvalue weighted by Gasteiger charge is -2.12. The Morgan fingerprint density at radius 1 is 1.22 bits per heavy atom. The second kappa shape index (κ2) is 6.00. The molecule has 1 aliphatic rings. The standard InChI is InChI=1S/C17H16BrN3S2/c18-11-7-5-10(6-8-11)9-21-16-14(15(19)20-17(21)22)12-3-1-2-4-13(12)23-16/h5-8H,1-4,9H2,(H2,19,20,22). The summed E-state index contributed by atoms with van der Waals surface area (Å²) in [6.45, 7) is 0.731. The molecule has 6 heteroatoms. The Morgan fingerprint density at radius 3 is 2.74 bits per heavy atom. The number of aromatic nitrogens is 2. The third-order valence-electron chi connectivity index (χ3n) is 4.35. The normalized spacial score (nSPS) is 14.1. The zero-order valence-electron chi connectivity index (χ0n) is 12.5. The third-order valence-corrected chi connectivity index (χ3v) is 6.51. The molecule has 0 unspecified atom stereocenters. The fourth-order valence-corrected chi connectivity index (χ4v) is 5.20. The van der Waals surface area contributed by atoms with E-state index in [0.717, 1.165) is 29.2 Å². The van der Waals surface area contributed by atoms with E-state index in [0.29, 0.717) is 10.6 Å². The van der Waals surface area contributed by atoms with Crippen LogP contribution in [-0.2, 0) is 19.4 Å². The lowest BCUT2D eigenvalue weighted by Crippen LogP contribution is -2.07. The highest BCUT2D eigenvalue weighted by molar-refractivity contribution is 9.10. The molecule has 0 atom stereocenters. The Labute approximate surface area is 152 Å². The Balaban J connectivity index is 1.90. The molecule has 2 heterocycles. The number of nitrogens with two attached hydrogens (primary N) is 1. The fraction of sp³-hybridized carbons (Fsp3) is 0.294. The van der Waals surface area contributed by atoms with Gasteiger partial charge in [-0.3, -0.25) is 0 Å². The van der Waals surface area contributed by atoms with Gasteiger partial charge in [0.05, 0.1) is 11.9 Å². The van der Waals surface area contributed by atoms with E-state index < -0.39 is 0 Å². The van der Waals surface area contributed by atoms with Crippen LogP contribution in [-0.4, -0.2) is 9.55 Å². The summed E-state index contributed by atoms with van der Waals surface area (Å²) in [6.07, 6.45) is 4.76. The van der Waals surface area contributed by atoms with Gasteiger partial charge in [-0.25, -0.2) is 4.98 Å². The first-order valence-corrected chi connectivity index (χ1v) is 9.70. The van der Waals surface area contributed by atoms with Gasteiger partial charge in [0.15, 0.2) is 0 Å². The van der Waals surface area contributed by atoms with E-state index >= 15 is 0 Å². The quantitative estimate of drug-likeness (QED) is 0.603. The van der Waals surface area contributed by atoms with E-state index in [9.17, 15) is 0 Å². The Morgan fingerprint density at radius 2 is 1.96 bits per heavy atom. The molecule has 1 aromatic carbocycles. The molecule has 4 rings (SSSR count). The maximum Gasteiger partial charge on any atom is 0.202 e. The van der Waals surface area contributed by atoms with E-state index in [-0.39, 0.29) is 0 Å². The van der Waals surface area contributed by atoms with Crippen molar-refractivity contribution in [1.82, 2.24) is 9.55 Å². The smallest absolute Gasteiger partial charge is 0.202 e. The number of halogens is 1. The van der Waals surface area contributed by atoms with Gasteiger partial charge < -0.3 is 10.3 Å². The fourth-order valence-electron chi connectivity index (χ4n) is 3.22. The number of hydrogen-bond donors (Lipinski definition) is 1. The van der Waals surface area contributed by atoms with Crippen LogP contribution in [0.2, 0.25) is 0 Å². The van der Waals surface area contributed by atoms with Crippen LogP contribution in [0.5, 0.6) is 0 Å². The molecule has 0 spiro atoms. The van der Waals surface area contributed by atoms with E-state index in [1.807, 2.05) is 11.3 Å². The average molecular weight is 406 g/mol. The highest BCUT2D eigenvalue weighted by Crippen LogP contribution is 2.38. The van der Waals surface area contributed by atoms with Gasteiger partial charge in [-0.2, -0.15) is 0 Å². The summed E-state index contributed by atoms with van der Waals surface area (Å²) < 4.78 is 3.78. The first-order chi connectivity index (χ1) is 11.1. The molecule has 23 heavy (non-hydrogen) atoms. The second-order valence-electron chi connectivity index (χ2n) is 5.88. The molecule has 3 aromatic rings. The zero-order chi connectivity index (χ0) is 16.0. The van der Waals surface area contributed by atoms with E-state index in [4.69, 9.17) is 18.0 Å². The molecular formula is C17H16BrN3S2. The van der Waals surface area contributed by atoms with Crippen molar-refractivity contribution in [2.75, 3.05) is 5.73 Å². The van der Waals surface area contributed by atoms with Crippen LogP contribution in [0.4, 0.5) is 5.82 Å². The predicted molar refractivity (Wildman–Crippen MR) is 103 cm³/mol. The molecule has 0 aliphatic heterocycles. The van der Waals surface area contributed by atoms with Crippen LogP contribution in [0.3, 0.4) is 0 Å². The van der Waals surface area contributed by atoms with Crippen molar-refractivity contribution in [3.8, 4) is 0 Å². The first-order valence-electron chi connectivity index (χ1n) is 7.68. The summed E-state index contributed by atoms with van der Waals surface area (Å²) in [7, 11) is 0. The minimum absolute atomic E-state index is 0.566. The largest absolute Gasteiger partial charge is 0.383 e. The van der Waals surface area contributed by atoms with Gasteiger partial charge in [0, 0.05) is 9.35 Å². The Kier molecular flexibility index (Phi) is 3.99. The van der Waals surface area contributed by atoms with Crippen molar-refractivity contribution in [3.63, 3.8) is 0 Å². The summed E-state index contributed by atoms with van der Waals surface area (Å²) in [6, 6.07) is 8.34. The van der Waals surface area contributed by atoms with E-state index in [1.54, 1.807) is 0 Å². The van der Waals surface area contributed by atoms with Crippen molar-refractivity contribution in [3.05, 3.63) is 49.5 Å². The molecule has 0 saturated heterocycles. The zero-order valence-corrected chi connectivity index (χ0v) is 15.7. The second-order valence-corrected chi connectivity index (χ2v) is 8.25. The van der Waals surface area contributed by atoms with Crippen LogP contribution >= 0.6 is 39.5 Å². The number of nitrogen functional groups attached to an aromatic ring is 1. The number of anilines is 1. The minimum Gasteiger partial charge on any atom is -0.383 e. The van der Waals surface area contributed by atoms with Gasteiger partial charge in [-0.05, 0) is 61.2 Å². The molecule has 0 bridgehead atoms. The summed E-state index contributed by atoms with van der Waals surface area (Å²) in [5.74, 6) is 0.594. The van der Waals surface area contributed by atoms with Gasteiger partial charge in [-0.15, -0.1) is 11.3 Å². The Hall–Kier alpha value is -1.24. The summed E-state index contributed by atoms with van der Waals surface area (Å²) in [4.78, 5) is 7.09. The third kappa shape index (κ3) is 2.73. The molecule has 2 N–H and O–H groups in total. The number of hydrogen-bond acceptors (Lipinski definition) is 4. The van der Waals surface area contributed by atoms with Crippen molar-refractivity contribution >= 4 is 55.5 Å². The van der Waals surface area contributed by atoms with Crippen LogP contribution in [0.25, 0.3) is 10.2 Å². The van der Waals surface area contributed by atoms with Gasteiger partial charge in [-0.1, -0.05) is 28.1 Å². The number of benzene rings is 1. The van der Waals surface area contributed by atoms with Crippen LogP contribution < -0.4 is 5.73 Å². The van der Waals surface area contributed by atoms with Crippen LogP contribution in [0.15, 0.2) is 28.7 Å². The summed E-state index contributed by atoms with van der Waals surface area (Å²) in [5.41, 5.74) is 8.83. The summed E-state index contributed by atoms with van der Waals surface area (Å²) in [5, 5.41) is 1.13. The van der Waals surface area contributed by atoms with Crippen molar-refractivity contribution < 1.29 is 0 Å². The number of fused-ring (bicyclic) bond motifs is 3. The maximum absolute atomic E-state index is 6.22. The predicted octanol–water partition coefficient (Wildman–Crippen LogP) is 5.10. The monoisotopic (exact) mass is 405 g/mol. The summed E-state index contributed by atoms with van der Waals surface area (Å²) >= 11 is 10.8. The van der Waals surface area contributed by atoms with Crippen molar-refractivity contribution in [2.45, 2.75) is 32.2 Å². The highest BCUT2D eigenvalue weighted by Gasteiger charge is 2.20. The van der Waals surface area contributed by atoms with Crippen molar-refractivity contribution in [1.29, 1.82) is 0 Å². The number of aryl methyl sites for hydroxylation is 2. The molecule has 3 nitrogen and oxygen atoms in total. The van der Waals surface area contributed by atoms with Gasteiger partial charge in [0.25, 0.3) is 0 Å². The van der Waals surface area contributed by atoms with Gasteiger partial charge >= 0.3 is 0 Å². The van der Waals surface area contributed by atoms with E-state index in [2.05, 4.69) is 49.7 Å². The molecule has 1 aliphatic carbocycles. The van der Waals surface area contributed by atoms with Crippen LogP contribution in [0, 0.1) is 4.77 Å². The molecule has 0 fully saturated rings. The maximum atomic E-state index is 6.22. The van der Waals surface area contributed by atoms with Gasteiger partial charge in [0.2, 0.25) is 4.77 Å². The van der Waals surface area contributed by atoms with E-state index in [1.165, 1.54) is 33.7 Å². The molecule has 0 amide bonds. The lowest BCUT2D eigenvalue weighted by atomic mass is 9.97. The molecule has 118 valence electrons. The topological polar surface area (TPSA) is 43.8 Å². The highest BCUT2D eigenvalue weighted by atomic mass is 79.9. The lowest BCUT2D eigenvalue weighted by molar-refractivity contribution is 0.700. The Bertz CT molecular complexity index is 941. The number of nitrogens with zero attached hydrogens (tertiary/aromatic N) is 2. The number of thiophene rings is 1. The number of rotatable bonds is 2. The minimum atomic E-state index is 0.566. The first kappa shape index (κ1) is 15.3. The molecule has 2 aromatic heterocycles. The molecule has 0 saturated carbocycles. The van der Waals surface area contributed by atoms with Gasteiger partial charge in [0.1, 0.15) is 10.6 Å². The molecular weight excluding hydrogens is 390 g/mol. The average Bonchev–Trinajstić information content (AvgIpc) is 2.93. The van der Waals surface area contributed by atoms with Crippen molar-refractivity contribution in [2.24, 2.45) is 0 Å². The molecule has 0 radical (unpaired) electrons. The van der Waals surface area contributed by atoms with Crippen LogP contribution in [0.1, 0.15) is 28.8 Å². The SMILES string of the molecule is Nc1nc(=S)n(Cc2ccc(Br)cc2)c2sc3c(c12)CCCC3.